The van der Waals surface area contributed by atoms with Gasteiger partial charge in [-0.1, -0.05) is 0 Å². The summed E-state index contributed by atoms with van der Waals surface area (Å²) in [4.78, 5) is 0. The predicted octanol–water partition coefficient (Wildman–Crippen LogP) is 0.630. The van der Waals surface area contributed by atoms with E-state index in [0.29, 0.717) is 0 Å². The molecule has 0 aliphatic rings. The highest BCUT2D eigenvalue weighted by Crippen LogP contribution is 2.32. The van der Waals surface area contributed by atoms with E-state index in [1.54, 1.807) is 0 Å². The molecule has 0 aliphatic heterocycles. The van der Waals surface area contributed by atoms with Gasteiger partial charge in [-0.25, -0.2) is 0 Å². The molecule has 0 amide bonds. The lowest BCUT2D eigenvalue weighted by molar-refractivity contribution is -0.219. The van der Waals surface area contributed by atoms with Crippen molar-refractivity contribution in [2.75, 3.05) is 13.2 Å². The topological polar surface area (TPSA) is 46.2 Å². The van der Waals surface area contributed by atoms with E-state index >= 15 is 0 Å². The summed E-state index contributed by atoms with van der Waals surface area (Å²) in [6.45, 7) is -3.36. The second-order valence-electron chi connectivity index (χ2n) is 1.77. The fourth-order valence-electron chi connectivity index (χ4n) is 0.265. The molecular weight excluding hydrogens is 189 g/mol. The molecule has 0 atom stereocenters. The molecule has 0 aromatic carbocycles. The number of alkyl halides is 4. The number of aliphatic hydroxyl groups excluding tert-OH is 1. The van der Waals surface area contributed by atoms with Gasteiger partial charge in [0.25, 0.3) is 0 Å². The van der Waals surface area contributed by atoms with Crippen LogP contribution in [0.4, 0.5) is 17.6 Å². The third-order valence-corrected chi connectivity index (χ3v) is 0.990. The number of hydrogen-bond acceptors (Lipinski definition) is 2. The first-order chi connectivity index (χ1) is 4.37. The lowest BCUT2D eigenvalue weighted by Gasteiger charge is -2.22. The largest absolute Gasteiger partial charge is 0.390 e. The van der Waals surface area contributed by atoms with E-state index in [9.17, 15) is 17.6 Å². The van der Waals surface area contributed by atoms with Gasteiger partial charge in [-0.15, -0.1) is 12.4 Å². The van der Waals surface area contributed by atoms with Crippen LogP contribution in [0.25, 0.3) is 0 Å². The van der Waals surface area contributed by atoms with E-state index in [-0.39, 0.29) is 12.4 Å². The molecule has 0 saturated heterocycles. The summed E-state index contributed by atoms with van der Waals surface area (Å²) < 4.78 is 47.5. The summed E-state index contributed by atoms with van der Waals surface area (Å²) in [5, 5.41) is 7.78. The van der Waals surface area contributed by atoms with Crippen molar-refractivity contribution in [3.63, 3.8) is 0 Å². The predicted molar refractivity (Wildman–Crippen MR) is 33.3 cm³/mol. The van der Waals surface area contributed by atoms with Gasteiger partial charge in [0, 0.05) is 0 Å². The molecule has 2 nitrogen and oxygen atoms in total. The summed E-state index contributed by atoms with van der Waals surface area (Å²) in [5.41, 5.74) is 4.33. The van der Waals surface area contributed by atoms with Crippen molar-refractivity contribution >= 4 is 12.4 Å². The summed E-state index contributed by atoms with van der Waals surface area (Å²) >= 11 is 0. The van der Waals surface area contributed by atoms with Crippen LogP contribution >= 0.6 is 12.4 Å². The number of halogens is 5. The van der Waals surface area contributed by atoms with Crippen molar-refractivity contribution in [1.29, 1.82) is 0 Å². The van der Waals surface area contributed by atoms with Crippen molar-refractivity contribution in [3.8, 4) is 0 Å². The highest BCUT2D eigenvalue weighted by atomic mass is 35.5. The van der Waals surface area contributed by atoms with Crippen molar-refractivity contribution in [2.24, 2.45) is 5.73 Å². The van der Waals surface area contributed by atoms with Gasteiger partial charge in [-0.3, -0.25) is 0 Å². The highest BCUT2D eigenvalue weighted by Gasteiger charge is 2.54. The molecule has 0 radical (unpaired) electrons. The van der Waals surface area contributed by atoms with Crippen LogP contribution in [0.5, 0.6) is 0 Å². The second kappa shape index (κ2) is 4.08. The maximum absolute atomic E-state index is 11.9. The lowest BCUT2D eigenvalue weighted by Crippen LogP contribution is -2.48. The van der Waals surface area contributed by atoms with Crippen molar-refractivity contribution < 1.29 is 22.7 Å². The summed E-state index contributed by atoms with van der Waals surface area (Å²) in [6, 6.07) is 0. The fraction of sp³-hybridized carbons (Fsp3) is 1.00. The van der Waals surface area contributed by atoms with Crippen LogP contribution in [0.15, 0.2) is 0 Å². The Bertz CT molecular complexity index is 107. The molecule has 70 valence electrons. The first kappa shape index (κ1) is 13.5. The zero-order valence-corrected chi connectivity index (χ0v) is 6.18. The fourth-order valence-corrected chi connectivity index (χ4v) is 0.265. The zero-order chi connectivity index (χ0) is 8.41. The first-order valence-electron chi connectivity index (χ1n) is 2.44. The van der Waals surface area contributed by atoms with Gasteiger partial charge in [0.1, 0.15) is 6.61 Å². The third kappa shape index (κ3) is 2.80. The Morgan fingerprint density at radius 2 is 1.45 bits per heavy atom. The minimum atomic E-state index is -4.41. The minimum Gasteiger partial charge on any atom is -0.390 e. The van der Waals surface area contributed by atoms with Crippen LogP contribution in [0, 0.1) is 0 Å². The molecule has 3 N–H and O–H groups in total. The van der Waals surface area contributed by atoms with Crippen LogP contribution in [0.2, 0.25) is 0 Å². The van der Waals surface area contributed by atoms with E-state index in [1.165, 1.54) is 0 Å². The van der Waals surface area contributed by atoms with Crippen LogP contribution < -0.4 is 5.73 Å². The second-order valence-corrected chi connectivity index (χ2v) is 1.77. The molecule has 0 saturated carbocycles. The van der Waals surface area contributed by atoms with E-state index in [4.69, 9.17) is 5.11 Å². The van der Waals surface area contributed by atoms with E-state index in [0.717, 1.165) is 0 Å². The average Bonchev–Trinajstić information content (AvgIpc) is 1.88. The van der Waals surface area contributed by atoms with Crippen LogP contribution in [-0.2, 0) is 0 Å². The number of nitrogens with two attached hydrogens (primary N) is 1. The molecule has 0 unspecified atom stereocenters. The molecule has 0 aromatic rings. The molecular formula is C4H8ClF4NO. The van der Waals surface area contributed by atoms with Gasteiger partial charge in [0.15, 0.2) is 0 Å². The highest BCUT2D eigenvalue weighted by molar-refractivity contribution is 5.85. The Morgan fingerprint density at radius 1 is 1.09 bits per heavy atom. The molecule has 0 aromatic heterocycles. The molecule has 0 rings (SSSR count). The molecule has 7 heteroatoms. The Balaban J connectivity index is 0. The monoisotopic (exact) mass is 197 g/mol. The average molecular weight is 198 g/mol. The quantitative estimate of drug-likeness (QED) is 0.652. The van der Waals surface area contributed by atoms with E-state index < -0.39 is 25.0 Å². The van der Waals surface area contributed by atoms with Gasteiger partial charge < -0.3 is 10.8 Å². The summed E-state index contributed by atoms with van der Waals surface area (Å²) in [5.74, 6) is -8.73. The van der Waals surface area contributed by atoms with Crippen molar-refractivity contribution in [3.05, 3.63) is 0 Å². The van der Waals surface area contributed by atoms with Gasteiger partial charge in [0.2, 0.25) is 0 Å². The molecule has 0 bridgehead atoms. The third-order valence-electron chi connectivity index (χ3n) is 0.990. The summed E-state index contributed by atoms with van der Waals surface area (Å²) in [7, 11) is 0. The molecule has 0 aliphatic carbocycles. The molecule has 0 heterocycles. The normalized spacial score (nSPS) is 12.5. The van der Waals surface area contributed by atoms with Crippen molar-refractivity contribution in [1.82, 2.24) is 0 Å². The molecule has 0 fully saturated rings. The first-order valence-corrected chi connectivity index (χ1v) is 2.44. The minimum absolute atomic E-state index is 0. The number of aliphatic hydroxyl groups is 1. The van der Waals surface area contributed by atoms with Gasteiger partial charge in [0.05, 0.1) is 6.54 Å². The maximum atomic E-state index is 11.9. The number of rotatable bonds is 3. The molecule has 11 heavy (non-hydrogen) atoms. The van der Waals surface area contributed by atoms with Crippen LogP contribution in [0.1, 0.15) is 0 Å². The Hall–Kier alpha value is -0.0700. The smallest absolute Gasteiger partial charge is 0.333 e. The van der Waals surface area contributed by atoms with Gasteiger partial charge in [-0.05, 0) is 0 Å². The van der Waals surface area contributed by atoms with Gasteiger partial charge in [-0.2, -0.15) is 17.6 Å². The Kier molecular flexibility index (Phi) is 5.01. The van der Waals surface area contributed by atoms with E-state index in [2.05, 4.69) is 5.73 Å². The van der Waals surface area contributed by atoms with Crippen LogP contribution in [0.3, 0.4) is 0 Å². The van der Waals surface area contributed by atoms with Crippen molar-refractivity contribution in [2.45, 2.75) is 11.8 Å². The molecule has 0 spiro atoms. The summed E-state index contributed by atoms with van der Waals surface area (Å²) in [6.07, 6.45) is 0. The Labute approximate surface area is 66.8 Å². The van der Waals surface area contributed by atoms with Gasteiger partial charge >= 0.3 is 11.8 Å². The SMILES string of the molecule is Cl.NCC(F)(F)C(F)(F)CO. The van der Waals surface area contributed by atoms with Crippen LogP contribution in [-0.4, -0.2) is 30.1 Å². The lowest BCUT2D eigenvalue weighted by atomic mass is 10.2. The van der Waals surface area contributed by atoms with E-state index in [1.807, 2.05) is 0 Å². The number of hydrogen-bond donors (Lipinski definition) is 2. The Morgan fingerprint density at radius 3 is 1.55 bits per heavy atom. The zero-order valence-electron chi connectivity index (χ0n) is 5.36. The maximum Gasteiger partial charge on any atom is 0.333 e. The standard InChI is InChI=1S/C4H7F4NO.ClH/c5-3(6,1-9)4(7,8)2-10;/h10H,1-2,9H2;1H.